The molecule has 4 saturated carbocycles. The molecule has 3 N–H and O–H groups in total. The number of carbonyl (C=O) groups excluding carboxylic acids is 1. The zero-order valence-electron chi connectivity index (χ0n) is 20.7. The molecular formula is C27H39N3O4S. The summed E-state index contributed by atoms with van der Waals surface area (Å²) >= 11 is 1.64. The monoisotopic (exact) mass is 501 g/mol. The van der Waals surface area contributed by atoms with Crippen molar-refractivity contribution in [1.82, 2.24) is 10.3 Å². The predicted molar refractivity (Wildman–Crippen MR) is 137 cm³/mol. The number of aliphatic hydroxyl groups is 1. The lowest BCUT2D eigenvalue weighted by atomic mass is 9.52. The first-order valence-corrected chi connectivity index (χ1v) is 14.5. The normalized spacial score (nSPS) is 33.7. The molecule has 5 aliphatic rings. The first-order valence-electron chi connectivity index (χ1n) is 13.5. The van der Waals surface area contributed by atoms with E-state index in [1.807, 2.05) is 12.1 Å². The first kappa shape index (κ1) is 24.9. The summed E-state index contributed by atoms with van der Waals surface area (Å²) < 4.78 is 0. The van der Waals surface area contributed by atoms with Gasteiger partial charge in [0.05, 0.1) is 11.2 Å². The fourth-order valence-corrected chi connectivity index (χ4v) is 8.24. The molecule has 1 saturated heterocycles. The number of hydrogen-bond acceptors (Lipinski definition) is 6. The third kappa shape index (κ3) is 5.48. The summed E-state index contributed by atoms with van der Waals surface area (Å²) in [6.07, 6.45) is 8.82. The van der Waals surface area contributed by atoms with Crippen LogP contribution in [0.5, 0.6) is 0 Å². The molecule has 3 unspecified atom stereocenters. The minimum atomic E-state index is -0.734. The van der Waals surface area contributed by atoms with Crippen LogP contribution in [-0.4, -0.2) is 57.6 Å². The molecule has 0 radical (unpaired) electrons. The second-order valence-corrected chi connectivity index (χ2v) is 12.5. The van der Waals surface area contributed by atoms with Gasteiger partial charge in [0.2, 0.25) is 0 Å². The van der Waals surface area contributed by atoms with Crippen LogP contribution in [0.2, 0.25) is 0 Å². The summed E-state index contributed by atoms with van der Waals surface area (Å²) in [5.41, 5.74) is 0.152. The van der Waals surface area contributed by atoms with Crippen molar-refractivity contribution in [3.8, 4) is 0 Å². The molecule has 1 amide bonds. The summed E-state index contributed by atoms with van der Waals surface area (Å²) in [6.45, 7) is 3.86. The number of pyridine rings is 1. The van der Waals surface area contributed by atoms with E-state index in [1.54, 1.807) is 11.8 Å². The third-order valence-electron chi connectivity index (χ3n) is 8.68. The highest BCUT2D eigenvalue weighted by Crippen LogP contribution is 2.55. The lowest BCUT2D eigenvalue weighted by Crippen LogP contribution is -2.61. The summed E-state index contributed by atoms with van der Waals surface area (Å²) in [4.78, 5) is 31.7. The number of anilines is 1. The van der Waals surface area contributed by atoms with Crippen LogP contribution in [-0.2, 0) is 4.79 Å². The minimum absolute atomic E-state index is 0.0369. The Morgan fingerprint density at radius 1 is 1.23 bits per heavy atom. The number of carbonyl (C=O) groups is 2. The molecule has 1 aromatic heterocycles. The Kier molecular flexibility index (Phi) is 7.31. The Morgan fingerprint density at radius 3 is 2.69 bits per heavy atom. The van der Waals surface area contributed by atoms with Gasteiger partial charge in [0.1, 0.15) is 10.8 Å². The molecule has 0 spiro atoms. The molecule has 1 aliphatic heterocycles. The van der Waals surface area contributed by atoms with Crippen LogP contribution in [0.4, 0.5) is 5.82 Å². The number of nitrogens with zero attached hydrogens (tertiary/aromatic N) is 2. The molecule has 35 heavy (non-hydrogen) atoms. The molecule has 0 aromatic carbocycles. The van der Waals surface area contributed by atoms with E-state index in [2.05, 4.69) is 17.1 Å². The van der Waals surface area contributed by atoms with Crippen LogP contribution in [0.1, 0.15) is 81.5 Å². The van der Waals surface area contributed by atoms with Crippen molar-refractivity contribution in [3.05, 3.63) is 17.7 Å². The quantitative estimate of drug-likeness (QED) is 0.433. The molecule has 6 rings (SSSR count). The number of thioether (sulfide) groups is 1. The molecule has 3 atom stereocenters. The van der Waals surface area contributed by atoms with Gasteiger partial charge in [-0.1, -0.05) is 6.92 Å². The Morgan fingerprint density at radius 2 is 2.00 bits per heavy atom. The number of aromatic nitrogens is 1. The van der Waals surface area contributed by atoms with Gasteiger partial charge in [-0.25, -0.2) is 4.98 Å². The lowest BCUT2D eigenvalue weighted by molar-refractivity contribution is -0.137. The van der Waals surface area contributed by atoms with Gasteiger partial charge in [0.15, 0.2) is 0 Å². The Labute approximate surface area is 212 Å². The first-order chi connectivity index (χ1) is 16.8. The zero-order valence-corrected chi connectivity index (χ0v) is 21.6. The molecule has 4 bridgehead atoms. The Bertz CT molecular complexity index is 940. The minimum Gasteiger partial charge on any atom is -0.481 e. The van der Waals surface area contributed by atoms with E-state index in [0.717, 1.165) is 81.1 Å². The topological polar surface area (TPSA) is 103 Å². The molecule has 4 aliphatic carbocycles. The van der Waals surface area contributed by atoms with Gasteiger partial charge in [-0.15, -0.1) is 11.8 Å². The van der Waals surface area contributed by atoms with Crippen molar-refractivity contribution in [2.45, 2.75) is 87.8 Å². The number of carboxylic acid groups (broad SMARTS) is 1. The Balaban J connectivity index is 1.30. The smallest absolute Gasteiger partial charge is 0.303 e. The average Bonchev–Trinajstić information content (AvgIpc) is 2.82. The third-order valence-corrected chi connectivity index (χ3v) is 9.88. The maximum atomic E-state index is 13.5. The van der Waals surface area contributed by atoms with Crippen LogP contribution in [0.25, 0.3) is 0 Å². The molecular weight excluding hydrogens is 462 g/mol. The molecule has 7 nitrogen and oxygen atoms in total. The van der Waals surface area contributed by atoms with E-state index in [4.69, 9.17) is 10.1 Å². The molecule has 1 aromatic rings. The molecule has 2 heterocycles. The number of hydrogen-bond donors (Lipinski definition) is 3. The van der Waals surface area contributed by atoms with Gasteiger partial charge in [-0.05, 0) is 99.3 Å². The largest absolute Gasteiger partial charge is 0.481 e. The van der Waals surface area contributed by atoms with Crippen molar-refractivity contribution in [1.29, 1.82) is 0 Å². The van der Waals surface area contributed by atoms with Crippen molar-refractivity contribution in [2.75, 3.05) is 23.7 Å². The number of rotatable bonds is 9. The second-order valence-electron chi connectivity index (χ2n) is 11.5. The Hall–Kier alpha value is -1.80. The summed E-state index contributed by atoms with van der Waals surface area (Å²) in [6, 6.07) is 4.05. The van der Waals surface area contributed by atoms with Gasteiger partial charge in [-0.2, -0.15) is 0 Å². The van der Waals surface area contributed by atoms with Gasteiger partial charge in [0.25, 0.3) is 5.91 Å². The van der Waals surface area contributed by atoms with E-state index < -0.39 is 11.6 Å². The maximum Gasteiger partial charge on any atom is 0.303 e. The zero-order chi connectivity index (χ0) is 24.6. The summed E-state index contributed by atoms with van der Waals surface area (Å²) in [5.74, 6) is 2.76. The average molecular weight is 502 g/mol. The van der Waals surface area contributed by atoms with Crippen LogP contribution in [0.15, 0.2) is 17.2 Å². The van der Waals surface area contributed by atoms with Crippen molar-refractivity contribution in [2.24, 2.45) is 23.7 Å². The highest BCUT2D eigenvalue weighted by molar-refractivity contribution is 7.99. The number of piperidine rings is 1. The SMILES string of the molecule is CCCSc1nc(N2CCCC(CCC(=O)O)C2)ccc1C(=O)N[C@H]1C2CC3CC1C[C@@](O)(C3)C2. The number of nitrogens with one attached hydrogen (secondary N) is 1. The van der Waals surface area contributed by atoms with Crippen LogP contribution >= 0.6 is 11.8 Å². The van der Waals surface area contributed by atoms with Gasteiger partial charge in [0, 0.05) is 25.6 Å². The van der Waals surface area contributed by atoms with E-state index in [1.165, 1.54) is 0 Å². The van der Waals surface area contributed by atoms with E-state index in [9.17, 15) is 14.7 Å². The van der Waals surface area contributed by atoms with Crippen LogP contribution in [0, 0.1) is 23.7 Å². The lowest BCUT2D eigenvalue weighted by Gasteiger charge is -2.58. The van der Waals surface area contributed by atoms with Crippen molar-refractivity contribution in [3.63, 3.8) is 0 Å². The second kappa shape index (κ2) is 10.3. The van der Waals surface area contributed by atoms with Crippen molar-refractivity contribution >= 4 is 29.5 Å². The fourth-order valence-electron chi connectivity index (χ4n) is 7.37. The fraction of sp³-hybridized carbons (Fsp3) is 0.741. The molecule has 192 valence electrons. The molecule has 8 heteroatoms. The highest BCUT2D eigenvalue weighted by Gasteiger charge is 2.55. The van der Waals surface area contributed by atoms with Crippen molar-refractivity contribution < 1.29 is 19.8 Å². The van der Waals surface area contributed by atoms with Crippen LogP contribution < -0.4 is 10.2 Å². The predicted octanol–water partition coefficient (Wildman–Crippen LogP) is 4.33. The van der Waals surface area contributed by atoms with E-state index in [0.29, 0.717) is 35.7 Å². The molecule has 5 fully saturated rings. The maximum absolute atomic E-state index is 13.5. The number of carboxylic acids is 1. The van der Waals surface area contributed by atoms with E-state index in [-0.39, 0.29) is 18.4 Å². The van der Waals surface area contributed by atoms with Crippen LogP contribution in [0.3, 0.4) is 0 Å². The highest BCUT2D eigenvalue weighted by atomic mass is 32.2. The standard InChI is InChI=1S/C27H39N3O4S/c1-2-10-35-26-21(6-7-22(28-26)30-9-3-4-17(16-30)5-8-23(31)32)25(33)29-24-19-11-18-12-20(24)15-27(34,13-18)14-19/h6-7,17-20,24,34H,2-5,8-16H2,1H3,(H,29,33)(H,31,32)/t17?,18?,19?,20?,24-,27+. The van der Waals surface area contributed by atoms with Gasteiger partial charge < -0.3 is 20.4 Å². The van der Waals surface area contributed by atoms with E-state index >= 15 is 0 Å². The van der Waals surface area contributed by atoms with Gasteiger partial charge >= 0.3 is 5.97 Å². The van der Waals surface area contributed by atoms with Gasteiger partial charge in [-0.3, -0.25) is 9.59 Å². The summed E-state index contributed by atoms with van der Waals surface area (Å²) in [5, 5.41) is 24.1. The number of amides is 1. The number of aliphatic carboxylic acids is 1. The summed E-state index contributed by atoms with van der Waals surface area (Å²) in [7, 11) is 0.